The Morgan fingerprint density at radius 3 is 0.959 bits per heavy atom. The van der Waals surface area contributed by atoms with Gasteiger partial charge in [0.25, 0.3) is 0 Å². The molecule has 0 saturated carbocycles. The molecular formula is C97H86ClF7N36O4. The van der Waals surface area contributed by atoms with E-state index in [2.05, 4.69) is 163 Å². The third kappa shape index (κ3) is 28.2. The number of hydrogen-bond donors (Lipinski definition) is 8. The average Bonchev–Trinajstić information content (AvgIpc) is 0.793. The van der Waals surface area contributed by atoms with Gasteiger partial charge in [0.1, 0.15) is 25.3 Å². The molecule has 734 valence electrons. The van der Waals surface area contributed by atoms with Crippen LogP contribution in [0.25, 0.3) is 44.9 Å². The van der Waals surface area contributed by atoms with Crippen molar-refractivity contribution in [1.29, 1.82) is 0 Å². The molecule has 20 rings (SSSR count). The fourth-order valence-electron chi connectivity index (χ4n) is 14.3. The Morgan fingerprint density at radius 1 is 0.297 bits per heavy atom. The van der Waals surface area contributed by atoms with E-state index in [4.69, 9.17) is 30.5 Å². The summed E-state index contributed by atoms with van der Waals surface area (Å²) in [5.74, 6) is -0.417. The molecule has 4 fully saturated rings. The highest BCUT2D eigenvalue weighted by atomic mass is 35.5. The van der Waals surface area contributed by atoms with Crippen molar-refractivity contribution in [3.63, 3.8) is 0 Å². The quantitative estimate of drug-likeness (QED) is 0.0128. The number of pyridine rings is 4. The van der Waals surface area contributed by atoms with Crippen molar-refractivity contribution in [2.45, 2.75) is 6.18 Å². The molecule has 4 aliphatic heterocycles. The molecule has 4 aromatic carbocycles. The minimum atomic E-state index is -4.58. The number of hydrogen-bond acceptors (Lipinski definition) is 40. The third-order valence-corrected chi connectivity index (χ3v) is 21.8. The van der Waals surface area contributed by atoms with Gasteiger partial charge in [-0.2, -0.15) is 53.5 Å². The summed E-state index contributed by atoms with van der Waals surface area (Å²) in [4.78, 5) is 89.4. The summed E-state index contributed by atoms with van der Waals surface area (Å²) < 4.78 is 119. The van der Waals surface area contributed by atoms with E-state index < -0.39 is 35.0 Å². The Morgan fingerprint density at radius 2 is 0.621 bits per heavy atom. The van der Waals surface area contributed by atoms with Crippen molar-refractivity contribution < 1.29 is 49.7 Å². The summed E-state index contributed by atoms with van der Waals surface area (Å²) in [6.07, 6.45) is 26.5. The summed E-state index contributed by atoms with van der Waals surface area (Å²) in [6.45, 7) is 8.65. The van der Waals surface area contributed by atoms with E-state index in [9.17, 15) is 30.7 Å². The minimum Gasteiger partial charge on any atom is -0.378 e. The summed E-state index contributed by atoms with van der Waals surface area (Å²) in [7, 11) is 0. The van der Waals surface area contributed by atoms with Gasteiger partial charge in [0.2, 0.25) is 23.8 Å². The number of morpholine rings is 4. The van der Waals surface area contributed by atoms with Crippen LogP contribution in [-0.2, 0) is 25.1 Å². The molecule has 0 bridgehead atoms. The zero-order valence-corrected chi connectivity index (χ0v) is 77.3. The van der Waals surface area contributed by atoms with E-state index in [0.29, 0.717) is 139 Å². The average molecular weight is 1990 g/mol. The molecule has 16 heterocycles. The molecule has 48 heteroatoms. The zero-order valence-electron chi connectivity index (χ0n) is 76.6. The van der Waals surface area contributed by atoms with Crippen molar-refractivity contribution in [1.82, 2.24) is 99.7 Å². The molecule has 0 unspecified atom stereocenters. The van der Waals surface area contributed by atoms with Gasteiger partial charge in [0, 0.05) is 123 Å². The zero-order chi connectivity index (χ0) is 99.7. The maximum atomic E-state index is 14.2. The van der Waals surface area contributed by atoms with E-state index in [0.717, 1.165) is 98.6 Å². The smallest absolute Gasteiger partial charge is 0.378 e. The number of aromatic nitrogens is 20. The fourth-order valence-corrected chi connectivity index (χ4v) is 14.5. The number of nitrogens with one attached hydrogen (secondary N) is 8. The fraction of sp³-hybridized carbons (Fsp3) is 0.175. The van der Waals surface area contributed by atoms with Gasteiger partial charge in [-0.15, -0.1) is 0 Å². The molecule has 4 aliphatic rings. The number of nitrogens with zero attached hydrogens (tertiary/aromatic N) is 28. The van der Waals surface area contributed by atoms with E-state index in [-0.39, 0.29) is 64.0 Å². The number of hydrazone groups is 4. The second kappa shape index (κ2) is 49.2. The second-order valence-electron chi connectivity index (χ2n) is 31.2. The van der Waals surface area contributed by atoms with E-state index in [1.54, 1.807) is 78.9 Å². The number of ether oxygens (including phenoxy) is 4. The van der Waals surface area contributed by atoms with E-state index >= 15 is 0 Å². The number of benzene rings is 4. The summed E-state index contributed by atoms with van der Waals surface area (Å²) >= 11 is 6.46. The minimum absolute atomic E-state index is 0.0464. The predicted octanol–water partition coefficient (Wildman–Crippen LogP) is 15.6. The molecule has 8 N–H and O–H groups in total. The van der Waals surface area contributed by atoms with Crippen LogP contribution in [-0.4, -0.2) is 230 Å². The van der Waals surface area contributed by atoms with Crippen LogP contribution in [0.15, 0.2) is 278 Å². The van der Waals surface area contributed by atoms with Gasteiger partial charge in [-0.25, -0.2) is 99.1 Å². The molecule has 16 aromatic rings. The molecule has 0 amide bonds. The normalized spacial score (nSPS) is 13.8. The molecule has 0 aliphatic carbocycles. The Kier molecular flexibility index (Phi) is 33.5. The van der Waals surface area contributed by atoms with Crippen LogP contribution in [0, 0.1) is 23.3 Å². The van der Waals surface area contributed by atoms with Crippen LogP contribution in [0.4, 0.5) is 123 Å². The first-order valence-electron chi connectivity index (χ1n) is 44.8. The highest BCUT2D eigenvalue weighted by Crippen LogP contribution is 2.40. The number of rotatable bonds is 28. The van der Waals surface area contributed by atoms with Crippen LogP contribution in [0.2, 0.25) is 5.02 Å². The van der Waals surface area contributed by atoms with Crippen LogP contribution in [0.3, 0.4) is 0 Å². The Hall–Kier alpha value is -18.0. The SMILES string of the molecule is Fc1cnc(N/N=C/c2ccc(Nc3ccc(-c4ccncn4)c(C(F)(F)F)c3)cn2)nc1N1CCOCC1.Fc1cnc(N/N=C/c2ccc(Nc3ccc(-c4ccncn4)cc3)cn2)nc1N1CCOCC1.Fc1cnc(N/N=C/c2ccc(Nc3ccc(-c4ccncn4)cc3Cl)cn2)nc1N1CCOCC1.Fc1cnc(N/N=C/c2ccc(Nc3ccc(-c4cncnc4)cc3)cn2)nc1N1CCOCC1. The number of anilines is 16. The van der Waals surface area contributed by atoms with Crippen LogP contribution in [0.1, 0.15) is 28.3 Å². The van der Waals surface area contributed by atoms with Gasteiger partial charge in [-0.3, -0.25) is 19.9 Å². The third-order valence-electron chi connectivity index (χ3n) is 21.5. The van der Waals surface area contributed by atoms with Crippen molar-refractivity contribution in [3.8, 4) is 44.9 Å². The lowest BCUT2D eigenvalue weighted by molar-refractivity contribution is -0.137. The van der Waals surface area contributed by atoms with Gasteiger partial charge >= 0.3 is 6.18 Å². The Bertz CT molecular complexity index is 6830. The van der Waals surface area contributed by atoms with Gasteiger partial charge in [-0.05, 0) is 121 Å². The summed E-state index contributed by atoms with van der Waals surface area (Å²) in [5, 5.41) is 29.7. The lowest BCUT2D eigenvalue weighted by Crippen LogP contribution is -2.37. The first-order chi connectivity index (χ1) is 71.0. The van der Waals surface area contributed by atoms with Gasteiger partial charge in [0.15, 0.2) is 46.5 Å². The number of alkyl halides is 3. The lowest BCUT2D eigenvalue weighted by Gasteiger charge is -2.27. The second-order valence-corrected chi connectivity index (χ2v) is 31.7. The van der Waals surface area contributed by atoms with Gasteiger partial charge < -0.3 is 59.8 Å². The largest absolute Gasteiger partial charge is 0.417 e. The van der Waals surface area contributed by atoms with Crippen molar-refractivity contribution in [2.24, 2.45) is 20.4 Å². The van der Waals surface area contributed by atoms with Gasteiger partial charge in [-0.1, -0.05) is 48.0 Å². The van der Waals surface area contributed by atoms with E-state index in [1.165, 1.54) is 68.3 Å². The highest BCUT2D eigenvalue weighted by Gasteiger charge is 2.35. The lowest BCUT2D eigenvalue weighted by atomic mass is 10.0. The molecule has 0 radical (unpaired) electrons. The molecule has 0 spiro atoms. The van der Waals surface area contributed by atoms with Crippen molar-refractivity contribution >= 4 is 129 Å². The van der Waals surface area contributed by atoms with Gasteiger partial charge in [0.05, 0.1) is 206 Å². The first-order valence-corrected chi connectivity index (χ1v) is 45.1. The summed E-state index contributed by atoms with van der Waals surface area (Å²) in [5.41, 5.74) is 23.8. The molecular weight excluding hydrogens is 1900 g/mol. The molecule has 145 heavy (non-hydrogen) atoms. The van der Waals surface area contributed by atoms with Crippen LogP contribution >= 0.6 is 11.6 Å². The van der Waals surface area contributed by atoms with Crippen molar-refractivity contribution in [2.75, 3.05) is 168 Å². The Labute approximate surface area is 827 Å². The molecule has 12 aromatic heterocycles. The van der Waals surface area contributed by atoms with Crippen LogP contribution in [0.5, 0.6) is 0 Å². The standard InChI is InChI=1S/C25H21F4N9O.C24H21ClFN9O.2C24H22FN9O/c26-21-14-32-24(36-23(21)38-7-9-39-10-8-38)37-34-13-17-1-2-18(12-31-17)35-16-3-4-19(20(11-16)25(27,28)29)22-5-6-30-15-33-22;25-19-11-16(21-5-6-27-15-30-21)1-4-22(19)32-18-3-2-17(28-12-18)13-31-34-24-29-14-20(26)23(33-24)35-7-9-36-10-8-35;25-22-15-29-24(32-23(22)34-7-9-35-10-8-34)33-30-14-20-5-6-21(13-28-20)31-19-3-1-17(2-4-19)18-11-26-16-27-12-18;25-21-15-28-24(32-23(21)34-9-11-35-12-10-34)33-30-14-19-5-6-20(13-27-19)31-18-3-1-17(2-4-18)22-7-8-26-16-29-22/h1-6,11-15,35H,7-10H2,(H,32,36,37);1-6,11-15,32H,7-10H2,(H,29,33,34);1-6,11-16,31H,7-10H2,(H,29,32,33);1-8,13-16,31H,9-12H2,(H,28,32,33)/b34-13+;31-13+;2*30-14+. The molecule has 40 nitrogen and oxygen atoms in total. The van der Waals surface area contributed by atoms with E-state index in [1.807, 2.05) is 124 Å². The van der Waals surface area contributed by atoms with Crippen LogP contribution < -0.4 is 62.6 Å². The maximum Gasteiger partial charge on any atom is 0.417 e. The Balaban J connectivity index is 0.000000133. The highest BCUT2D eigenvalue weighted by molar-refractivity contribution is 6.33. The molecule has 0 atom stereocenters. The monoisotopic (exact) mass is 1990 g/mol. The number of halogens is 8. The molecule has 4 saturated heterocycles. The first kappa shape index (κ1) is 98.6. The summed E-state index contributed by atoms with van der Waals surface area (Å²) in [6, 6.07) is 44.9. The maximum absolute atomic E-state index is 14.2. The van der Waals surface area contributed by atoms with Crippen molar-refractivity contribution in [3.05, 3.63) is 314 Å². The topological polar surface area (TPSA) is 453 Å². The predicted molar refractivity (Wildman–Crippen MR) is 535 cm³/mol.